The van der Waals surface area contributed by atoms with Gasteiger partial charge in [0.15, 0.2) is 0 Å². The number of amidine groups is 1. The summed E-state index contributed by atoms with van der Waals surface area (Å²) < 4.78 is 0. The number of nitrogens with one attached hydrogen (secondary N) is 1. The number of nitrogens with zero attached hydrogens (tertiary/aromatic N) is 2. The SMILES string of the molecule is Clc1cncc(CC2=NCCCN2)c1. The Morgan fingerprint density at radius 2 is 2.36 bits per heavy atom. The Bertz CT molecular complexity index is 349. The van der Waals surface area contributed by atoms with E-state index in [1.165, 1.54) is 0 Å². The molecule has 4 heteroatoms. The zero-order valence-electron chi connectivity index (χ0n) is 7.83. The van der Waals surface area contributed by atoms with Crippen molar-refractivity contribution >= 4 is 17.4 Å². The van der Waals surface area contributed by atoms with Crippen molar-refractivity contribution in [2.45, 2.75) is 12.8 Å². The van der Waals surface area contributed by atoms with Gasteiger partial charge in [0.25, 0.3) is 0 Å². The van der Waals surface area contributed by atoms with Gasteiger partial charge in [-0.3, -0.25) is 9.98 Å². The molecule has 0 bridgehead atoms. The van der Waals surface area contributed by atoms with E-state index in [0.29, 0.717) is 5.02 Å². The van der Waals surface area contributed by atoms with E-state index in [2.05, 4.69) is 15.3 Å². The number of hydrogen-bond donors (Lipinski definition) is 1. The van der Waals surface area contributed by atoms with Crippen LogP contribution in [0.5, 0.6) is 0 Å². The fourth-order valence-electron chi connectivity index (χ4n) is 1.45. The minimum Gasteiger partial charge on any atom is -0.373 e. The molecule has 0 saturated heterocycles. The van der Waals surface area contributed by atoms with E-state index in [9.17, 15) is 0 Å². The van der Waals surface area contributed by atoms with Gasteiger partial charge in [-0.1, -0.05) is 11.6 Å². The van der Waals surface area contributed by atoms with Gasteiger partial charge in [-0.05, 0) is 18.1 Å². The Labute approximate surface area is 88.2 Å². The van der Waals surface area contributed by atoms with Crippen LogP contribution in [0, 0.1) is 0 Å². The highest BCUT2D eigenvalue weighted by Gasteiger charge is 2.05. The number of aromatic nitrogens is 1. The summed E-state index contributed by atoms with van der Waals surface area (Å²) in [5.41, 5.74) is 1.10. The van der Waals surface area contributed by atoms with Gasteiger partial charge in [0, 0.05) is 31.9 Å². The second-order valence-corrected chi connectivity index (χ2v) is 3.73. The molecule has 1 N–H and O–H groups in total. The summed E-state index contributed by atoms with van der Waals surface area (Å²) >= 11 is 5.84. The first kappa shape index (κ1) is 9.46. The van der Waals surface area contributed by atoms with Crippen molar-refractivity contribution in [1.82, 2.24) is 10.3 Å². The molecule has 0 fully saturated rings. The molecule has 1 aliphatic rings. The molecule has 1 aliphatic heterocycles. The third-order valence-electron chi connectivity index (χ3n) is 2.10. The van der Waals surface area contributed by atoms with Crippen molar-refractivity contribution < 1.29 is 0 Å². The topological polar surface area (TPSA) is 37.3 Å². The molecule has 14 heavy (non-hydrogen) atoms. The van der Waals surface area contributed by atoms with E-state index in [4.69, 9.17) is 11.6 Å². The lowest BCUT2D eigenvalue weighted by atomic mass is 10.2. The summed E-state index contributed by atoms with van der Waals surface area (Å²) in [5.74, 6) is 1.04. The molecule has 0 aromatic carbocycles. The molecule has 0 saturated carbocycles. The molecule has 0 radical (unpaired) electrons. The number of pyridine rings is 1. The van der Waals surface area contributed by atoms with Gasteiger partial charge in [-0.25, -0.2) is 0 Å². The maximum atomic E-state index is 5.84. The third-order valence-corrected chi connectivity index (χ3v) is 2.31. The van der Waals surface area contributed by atoms with Crippen molar-refractivity contribution in [3.8, 4) is 0 Å². The van der Waals surface area contributed by atoms with Crippen LogP contribution in [0.2, 0.25) is 5.02 Å². The van der Waals surface area contributed by atoms with E-state index < -0.39 is 0 Å². The second-order valence-electron chi connectivity index (χ2n) is 3.30. The van der Waals surface area contributed by atoms with Crippen LogP contribution in [0.4, 0.5) is 0 Å². The minimum absolute atomic E-state index is 0.680. The van der Waals surface area contributed by atoms with Gasteiger partial charge in [0.2, 0.25) is 0 Å². The molecule has 2 heterocycles. The van der Waals surface area contributed by atoms with E-state index in [-0.39, 0.29) is 0 Å². The molecule has 0 atom stereocenters. The molecule has 0 aliphatic carbocycles. The zero-order chi connectivity index (χ0) is 9.80. The van der Waals surface area contributed by atoms with Crippen LogP contribution in [0.25, 0.3) is 0 Å². The number of rotatable bonds is 2. The molecule has 1 aromatic rings. The first-order valence-corrected chi connectivity index (χ1v) is 5.09. The molecule has 74 valence electrons. The first-order valence-electron chi connectivity index (χ1n) is 4.71. The lowest BCUT2D eigenvalue weighted by molar-refractivity contribution is 0.731. The van der Waals surface area contributed by atoms with Gasteiger partial charge >= 0.3 is 0 Å². The average Bonchev–Trinajstić information content (AvgIpc) is 2.19. The molecular formula is C10H12ClN3. The highest BCUT2D eigenvalue weighted by Crippen LogP contribution is 2.09. The second kappa shape index (κ2) is 4.42. The van der Waals surface area contributed by atoms with Crippen LogP contribution < -0.4 is 5.32 Å². The predicted octanol–water partition coefficient (Wildman–Crippen LogP) is 1.67. The largest absolute Gasteiger partial charge is 0.373 e. The number of halogens is 1. The fraction of sp³-hybridized carbons (Fsp3) is 0.400. The van der Waals surface area contributed by atoms with Crippen LogP contribution in [0.1, 0.15) is 12.0 Å². The van der Waals surface area contributed by atoms with Crippen molar-refractivity contribution in [3.63, 3.8) is 0 Å². The van der Waals surface area contributed by atoms with Crippen molar-refractivity contribution in [2.75, 3.05) is 13.1 Å². The minimum atomic E-state index is 0.680. The normalized spacial score (nSPS) is 15.9. The average molecular weight is 210 g/mol. The highest BCUT2D eigenvalue weighted by atomic mass is 35.5. The molecule has 1 aromatic heterocycles. The van der Waals surface area contributed by atoms with E-state index in [1.807, 2.05) is 12.3 Å². The molecule has 0 unspecified atom stereocenters. The Hall–Kier alpha value is -1.09. The van der Waals surface area contributed by atoms with Gasteiger partial charge in [-0.15, -0.1) is 0 Å². The quantitative estimate of drug-likeness (QED) is 0.805. The van der Waals surface area contributed by atoms with Crippen molar-refractivity contribution in [1.29, 1.82) is 0 Å². The number of aliphatic imine (C=N–C) groups is 1. The fourth-order valence-corrected chi connectivity index (χ4v) is 1.64. The Kier molecular flexibility index (Phi) is 2.99. The molecule has 2 rings (SSSR count). The first-order chi connectivity index (χ1) is 6.84. The van der Waals surface area contributed by atoms with Crippen LogP contribution in [0.3, 0.4) is 0 Å². The maximum absolute atomic E-state index is 5.84. The molecule has 3 nitrogen and oxygen atoms in total. The van der Waals surface area contributed by atoms with E-state index in [1.54, 1.807) is 6.20 Å². The summed E-state index contributed by atoms with van der Waals surface area (Å²) in [6, 6.07) is 1.92. The monoisotopic (exact) mass is 209 g/mol. The summed E-state index contributed by atoms with van der Waals surface area (Å²) in [4.78, 5) is 8.42. The lowest BCUT2D eigenvalue weighted by Gasteiger charge is -2.14. The highest BCUT2D eigenvalue weighted by molar-refractivity contribution is 6.30. The third kappa shape index (κ3) is 2.45. The molecular weight excluding hydrogens is 198 g/mol. The van der Waals surface area contributed by atoms with Crippen molar-refractivity contribution in [2.24, 2.45) is 4.99 Å². The van der Waals surface area contributed by atoms with Crippen LogP contribution in [-0.2, 0) is 6.42 Å². The van der Waals surface area contributed by atoms with Gasteiger partial charge in [0.05, 0.1) is 5.02 Å². The van der Waals surface area contributed by atoms with E-state index in [0.717, 1.165) is 37.3 Å². The standard InChI is InChI=1S/C10H12ClN3/c11-9-4-8(6-12-7-9)5-10-13-2-1-3-14-10/h4,6-7H,1-3,5H2,(H,13,14). The smallest absolute Gasteiger partial charge is 0.101 e. The van der Waals surface area contributed by atoms with Crippen LogP contribution in [-0.4, -0.2) is 23.9 Å². The zero-order valence-corrected chi connectivity index (χ0v) is 8.59. The number of hydrogen-bond acceptors (Lipinski definition) is 3. The summed E-state index contributed by atoms with van der Waals surface area (Å²) in [6.07, 6.45) is 5.39. The van der Waals surface area contributed by atoms with Gasteiger partial charge in [-0.2, -0.15) is 0 Å². The van der Waals surface area contributed by atoms with Crippen LogP contribution in [0.15, 0.2) is 23.5 Å². The molecule has 0 amide bonds. The Balaban J connectivity index is 2.06. The summed E-state index contributed by atoms with van der Waals surface area (Å²) in [6.45, 7) is 1.95. The summed E-state index contributed by atoms with van der Waals surface area (Å²) in [7, 11) is 0. The maximum Gasteiger partial charge on any atom is 0.101 e. The predicted molar refractivity (Wildman–Crippen MR) is 57.9 cm³/mol. The van der Waals surface area contributed by atoms with E-state index >= 15 is 0 Å². The van der Waals surface area contributed by atoms with Gasteiger partial charge < -0.3 is 5.32 Å². The lowest BCUT2D eigenvalue weighted by Crippen LogP contribution is -2.30. The van der Waals surface area contributed by atoms with Crippen LogP contribution >= 0.6 is 11.6 Å². The Morgan fingerprint density at radius 1 is 1.43 bits per heavy atom. The van der Waals surface area contributed by atoms with Gasteiger partial charge in [0.1, 0.15) is 5.84 Å². The summed E-state index contributed by atoms with van der Waals surface area (Å²) in [5, 5.41) is 3.95. The Morgan fingerprint density at radius 3 is 3.07 bits per heavy atom. The van der Waals surface area contributed by atoms with Crippen molar-refractivity contribution in [3.05, 3.63) is 29.0 Å². The molecule has 0 spiro atoms.